The summed E-state index contributed by atoms with van der Waals surface area (Å²) in [5.74, 6) is -3.12. The second-order valence-electron chi connectivity index (χ2n) is 5.48. The molecule has 0 unspecified atom stereocenters. The van der Waals surface area contributed by atoms with Crippen molar-refractivity contribution in [3.05, 3.63) is 0 Å². The first-order valence-electron chi connectivity index (χ1n) is 5.83. The second-order valence-corrected chi connectivity index (χ2v) is 5.48. The molecule has 0 bridgehead atoms. The SMILES string of the molecule is CC(C)(C)OC(=O)N1CC(NCC(F)(F)CO)C1. The Morgan fingerprint density at radius 2 is 2.00 bits per heavy atom. The summed E-state index contributed by atoms with van der Waals surface area (Å²) < 4.78 is 30.6. The molecule has 0 aromatic carbocycles. The average Bonchev–Trinajstić information content (AvgIpc) is 2.12. The van der Waals surface area contributed by atoms with Crippen LogP contribution in [0.4, 0.5) is 13.6 Å². The summed E-state index contributed by atoms with van der Waals surface area (Å²) in [6.07, 6.45) is -0.436. The summed E-state index contributed by atoms with van der Waals surface area (Å²) in [6, 6.07) is -0.171. The van der Waals surface area contributed by atoms with Crippen molar-refractivity contribution in [1.82, 2.24) is 10.2 Å². The van der Waals surface area contributed by atoms with Gasteiger partial charge >= 0.3 is 6.09 Å². The van der Waals surface area contributed by atoms with Gasteiger partial charge in [0, 0.05) is 19.1 Å². The number of aliphatic hydroxyl groups excluding tert-OH is 1. The number of carbonyl (C=O) groups is 1. The third-order valence-electron chi connectivity index (χ3n) is 2.41. The highest BCUT2D eigenvalue weighted by Crippen LogP contribution is 2.16. The first kappa shape index (κ1) is 15.1. The first-order chi connectivity index (χ1) is 8.13. The lowest BCUT2D eigenvalue weighted by atomic mass is 10.1. The zero-order valence-electron chi connectivity index (χ0n) is 10.9. The van der Waals surface area contributed by atoms with Crippen LogP contribution in [-0.2, 0) is 4.74 Å². The van der Waals surface area contributed by atoms with Crippen LogP contribution in [0.15, 0.2) is 0 Å². The van der Waals surface area contributed by atoms with Crippen molar-refractivity contribution in [3.63, 3.8) is 0 Å². The summed E-state index contributed by atoms with van der Waals surface area (Å²) in [5, 5.41) is 11.0. The fourth-order valence-electron chi connectivity index (χ4n) is 1.43. The van der Waals surface area contributed by atoms with E-state index in [1.807, 2.05) is 0 Å². The van der Waals surface area contributed by atoms with E-state index in [4.69, 9.17) is 9.84 Å². The lowest BCUT2D eigenvalue weighted by molar-refractivity contribution is -0.0541. The van der Waals surface area contributed by atoms with Crippen molar-refractivity contribution in [2.75, 3.05) is 26.2 Å². The summed E-state index contributed by atoms with van der Waals surface area (Å²) in [6.45, 7) is 4.22. The predicted octanol–water partition coefficient (Wildman–Crippen LogP) is 0.823. The molecule has 1 heterocycles. The highest BCUT2D eigenvalue weighted by molar-refractivity contribution is 5.69. The predicted molar refractivity (Wildman–Crippen MR) is 61.6 cm³/mol. The lowest BCUT2D eigenvalue weighted by Crippen LogP contribution is -2.62. The summed E-state index contributed by atoms with van der Waals surface area (Å²) in [5.41, 5.74) is -0.556. The molecule has 0 atom stereocenters. The highest BCUT2D eigenvalue weighted by Gasteiger charge is 2.36. The minimum Gasteiger partial charge on any atom is -0.444 e. The van der Waals surface area contributed by atoms with E-state index in [1.54, 1.807) is 20.8 Å². The molecule has 0 radical (unpaired) electrons. The van der Waals surface area contributed by atoms with E-state index >= 15 is 0 Å². The molecule has 0 spiro atoms. The normalized spacial score (nSPS) is 17.6. The molecule has 1 aliphatic rings. The quantitative estimate of drug-likeness (QED) is 0.791. The zero-order chi connectivity index (χ0) is 14.0. The summed E-state index contributed by atoms with van der Waals surface area (Å²) in [7, 11) is 0. The van der Waals surface area contributed by atoms with Crippen LogP contribution in [0.5, 0.6) is 0 Å². The fourth-order valence-corrected chi connectivity index (χ4v) is 1.43. The molecule has 7 heteroatoms. The number of amides is 1. The number of ether oxygens (including phenoxy) is 1. The summed E-state index contributed by atoms with van der Waals surface area (Å²) in [4.78, 5) is 13.0. The summed E-state index contributed by atoms with van der Waals surface area (Å²) >= 11 is 0. The van der Waals surface area contributed by atoms with Gasteiger partial charge in [0.25, 0.3) is 5.92 Å². The van der Waals surface area contributed by atoms with Crippen molar-refractivity contribution < 1.29 is 23.4 Å². The number of nitrogens with zero attached hydrogens (tertiary/aromatic N) is 1. The molecule has 1 amide bonds. The van der Waals surface area contributed by atoms with Gasteiger partial charge in [-0.1, -0.05) is 0 Å². The molecule has 0 saturated carbocycles. The molecule has 5 nitrogen and oxygen atoms in total. The van der Waals surface area contributed by atoms with Gasteiger partial charge < -0.3 is 20.1 Å². The third kappa shape index (κ3) is 4.73. The van der Waals surface area contributed by atoms with Crippen molar-refractivity contribution in [3.8, 4) is 0 Å². The average molecular weight is 266 g/mol. The van der Waals surface area contributed by atoms with Crippen molar-refractivity contribution >= 4 is 6.09 Å². The van der Waals surface area contributed by atoms with Crippen LogP contribution in [0.1, 0.15) is 20.8 Å². The van der Waals surface area contributed by atoms with Gasteiger partial charge in [-0.3, -0.25) is 0 Å². The molecular weight excluding hydrogens is 246 g/mol. The smallest absolute Gasteiger partial charge is 0.410 e. The Morgan fingerprint density at radius 1 is 1.44 bits per heavy atom. The molecule has 0 aromatic rings. The van der Waals surface area contributed by atoms with E-state index in [0.29, 0.717) is 13.1 Å². The van der Waals surface area contributed by atoms with Crippen LogP contribution in [0.25, 0.3) is 0 Å². The van der Waals surface area contributed by atoms with Crippen LogP contribution in [0.3, 0.4) is 0 Å². The van der Waals surface area contributed by atoms with Gasteiger partial charge in [-0.05, 0) is 20.8 Å². The number of hydrogen-bond acceptors (Lipinski definition) is 4. The van der Waals surface area contributed by atoms with Crippen LogP contribution in [-0.4, -0.2) is 59.9 Å². The van der Waals surface area contributed by atoms with Gasteiger partial charge in [0.05, 0.1) is 6.54 Å². The monoisotopic (exact) mass is 266 g/mol. The molecule has 106 valence electrons. The van der Waals surface area contributed by atoms with Crippen molar-refractivity contribution in [2.24, 2.45) is 0 Å². The maximum Gasteiger partial charge on any atom is 0.410 e. The Labute approximate surface area is 105 Å². The number of likely N-dealkylation sites (tertiary alicyclic amines) is 1. The van der Waals surface area contributed by atoms with E-state index in [1.165, 1.54) is 4.90 Å². The maximum absolute atomic E-state index is 12.7. The standard InChI is InChI=1S/C11H20F2N2O3/c1-10(2,3)18-9(17)15-4-8(5-15)14-6-11(12,13)7-16/h8,14,16H,4-7H2,1-3H3. The fraction of sp³-hybridized carbons (Fsp3) is 0.909. The minimum atomic E-state index is -3.12. The minimum absolute atomic E-state index is 0.171. The molecule has 1 saturated heterocycles. The van der Waals surface area contributed by atoms with Gasteiger partial charge in [-0.25, -0.2) is 13.6 Å². The van der Waals surface area contributed by atoms with Gasteiger partial charge in [-0.15, -0.1) is 0 Å². The number of hydrogen-bond donors (Lipinski definition) is 2. The first-order valence-corrected chi connectivity index (χ1v) is 5.83. The molecule has 1 fully saturated rings. The Morgan fingerprint density at radius 3 is 2.44 bits per heavy atom. The van der Waals surface area contributed by atoms with Crippen LogP contribution < -0.4 is 5.32 Å². The largest absolute Gasteiger partial charge is 0.444 e. The molecule has 18 heavy (non-hydrogen) atoms. The lowest BCUT2D eigenvalue weighted by Gasteiger charge is -2.40. The van der Waals surface area contributed by atoms with Gasteiger partial charge in [0.2, 0.25) is 0 Å². The topological polar surface area (TPSA) is 61.8 Å². The Balaban J connectivity index is 2.22. The van der Waals surface area contributed by atoms with Gasteiger partial charge in [0.15, 0.2) is 0 Å². The van der Waals surface area contributed by atoms with E-state index in [9.17, 15) is 13.6 Å². The highest BCUT2D eigenvalue weighted by atomic mass is 19.3. The second kappa shape index (κ2) is 5.36. The third-order valence-corrected chi connectivity index (χ3v) is 2.41. The number of aliphatic hydroxyl groups is 1. The van der Waals surface area contributed by atoms with E-state index < -0.39 is 30.8 Å². The van der Waals surface area contributed by atoms with E-state index in [0.717, 1.165) is 0 Å². The van der Waals surface area contributed by atoms with E-state index in [2.05, 4.69) is 5.32 Å². The number of halogens is 2. The molecule has 2 N–H and O–H groups in total. The molecular formula is C11H20F2N2O3. The molecule has 0 aromatic heterocycles. The Hall–Kier alpha value is -0.950. The van der Waals surface area contributed by atoms with E-state index in [-0.39, 0.29) is 6.04 Å². The molecule has 0 aliphatic carbocycles. The molecule has 1 aliphatic heterocycles. The van der Waals surface area contributed by atoms with Crippen molar-refractivity contribution in [1.29, 1.82) is 0 Å². The van der Waals surface area contributed by atoms with Crippen molar-refractivity contribution in [2.45, 2.75) is 38.3 Å². The van der Waals surface area contributed by atoms with Crippen LogP contribution in [0.2, 0.25) is 0 Å². The Bertz CT molecular complexity index is 299. The Kier molecular flexibility index (Phi) is 4.50. The maximum atomic E-state index is 12.7. The number of rotatable bonds is 4. The van der Waals surface area contributed by atoms with Gasteiger partial charge in [0.1, 0.15) is 12.2 Å². The zero-order valence-corrected chi connectivity index (χ0v) is 10.9. The van der Waals surface area contributed by atoms with Crippen LogP contribution >= 0.6 is 0 Å². The number of nitrogens with one attached hydrogen (secondary N) is 1. The van der Waals surface area contributed by atoms with Crippen LogP contribution in [0, 0.1) is 0 Å². The molecule has 1 rings (SSSR count). The number of alkyl halides is 2. The number of carbonyl (C=O) groups excluding carboxylic acids is 1. The van der Waals surface area contributed by atoms with Gasteiger partial charge in [-0.2, -0.15) is 0 Å².